The summed E-state index contributed by atoms with van der Waals surface area (Å²) in [5.74, 6) is 1.04. The maximum absolute atomic E-state index is 4.68. The smallest absolute Gasteiger partial charge is 0.261 e. The molecule has 1 aromatic heterocycles. The molecule has 1 aliphatic heterocycles. The van der Waals surface area contributed by atoms with Crippen LogP contribution in [0.3, 0.4) is 0 Å². The molecule has 2 aromatic carbocycles. The number of para-hydroxylation sites is 2. The zero-order valence-corrected chi connectivity index (χ0v) is 14.2. The third-order valence-electron chi connectivity index (χ3n) is 5.14. The zero-order chi connectivity index (χ0) is 16.7. The Labute approximate surface area is 142 Å². The van der Waals surface area contributed by atoms with Gasteiger partial charge in [-0.3, -0.25) is 4.90 Å². The lowest BCUT2D eigenvalue weighted by Gasteiger charge is -2.36. The van der Waals surface area contributed by atoms with Crippen molar-refractivity contribution in [1.82, 2.24) is 14.5 Å². The van der Waals surface area contributed by atoms with Gasteiger partial charge in [0.1, 0.15) is 17.7 Å². The van der Waals surface area contributed by atoms with Gasteiger partial charge >= 0.3 is 0 Å². The molecule has 4 heteroatoms. The zero-order valence-electron chi connectivity index (χ0n) is 14.2. The summed E-state index contributed by atoms with van der Waals surface area (Å²) < 4.78 is 0.638. The lowest BCUT2D eigenvalue weighted by atomic mass is 10.1. The number of benzene rings is 2. The predicted octanol–water partition coefficient (Wildman–Crippen LogP) is 4.55. The highest BCUT2D eigenvalue weighted by Gasteiger charge is 2.50. The molecule has 0 amide bonds. The number of aromatic nitrogens is 2. The first-order chi connectivity index (χ1) is 11.6. The second-order valence-corrected chi connectivity index (χ2v) is 6.43. The van der Waals surface area contributed by atoms with Gasteiger partial charge in [-0.1, -0.05) is 36.4 Å². The first-order valence-electron chi connectivity index (χ1n) is 8.21. The SMILES string of the molecule is Cc1ccccc1[N+]1(C)c2ncncc2N(c2ccccc2)C1C. The van der Waals surface area contributed by atoms with Crippen LogP contribution in [-0.4, -0.2) is 23.2 Å². The van der Waals surface area contributed by atoms with E-state index >= 15 is 0 Å². The molecule has 1 aliphatic rings. The predicted molar refractivity (Wildman–Crippen MR) is 98.6 cm³/mol. The maximum Gasteiger partial charge on any atom is 0.261 e. The fourth-order valence-electron chi connectivity index (χ4n) is 3.80. The van der Waals surface area contributed by atoms with E-state index in [0.717, 1.165) is 17.2 Å². The van der Waals surface area contributed by atoms with Gasteiger partial charge in [0.25, 0.3) is 5.82 Å². The Kier molecular flexibility index (Phi) is 3.36. The molecule has 4 rings (SSSR count). The minimum absolute atomic E-state index is 0.181. The second-order valence-electron chi connectivity index (χ2n) is 6.43. The quantitative estimate of drug-likeness (QED) is 0.649. The normalized spacial score (nSPS) is 22.5. The van der Waals surface area contributed by atoms with Crippen molar-refractivity contribution in [2.75, 3.05) is 11.9 Å². The highest BCUT2D eigenvalue weighted by molar-refractivity contribution is 5.82. The van der Waals surface area contributed by atoms with Crippen LogP contribution >= 0.6 is 0 Å². The monoisotopic (exact) mass is 317 g/mol. The number of quaternary nitrogens is 1. The summed E-state index contributed by atoms with van der Waals surface area (Å²) in [7, 11) is 2.24. The molecule has 0 radical (unpaired) electrons. The molecule has 2 atom stereocenters. The van der Waals surface area contributed by atoms with E-state index in [-0.39, 0.29) is 6.17 Å². The average molecular weight is 317 g/mol. The highest BCUT2D eigenvalue weighted by atomic mass is 15.6. The Morgan fingerprint density at radius 3 is 2.46 bits per heavy atom. The van der Waals surface area contributed by atoms with Crippen LogP contribution in [0.25, 0.3) is 0 Å². The third kappa shape index (κ3) is 1.96. The van der Waals surface area contributed by atoms with Crippen LogP contribution in [0, 0.1) is 6.92 Å². The summed E-state index contributed by atoms with van der Waals surface area (Å²) in [5.41, 5.74) is 4.77. The Hall–Kier alpha value is -2.72. The average Bonchev–Trinajstić information content (AvgIpc) is 2.85. The van der Waals surface area contributed by atoms with E-state index in [1.165, 1.54) is 11.3 Å². The Balaban J connectivity index is 1.96. The molecule has 0 aliphatic carbocycles. The number of hydrogen-bond donors (Lipinski definition) is 0. The minimum Gasteiger partial charge on any atom is -0.283 e. The second kappa shape index (κ2) is 5.42. The molecule has 0 bridgehead atoms. The van der Waals surface area contributed by atoms with E-state index in [2.05, 4.69) is 84.3 Å². The molecule has 4 nitrogen and oxygen atoms in total. The largest absolute Gasteiger partial charge is 0.283 e. The first kappa shape index (κ1) is 14.8. The van der Waals surface area contributed by atoms with Gasteiger partial charge < -0.3 is 0 Å². The van der Waals surface area contributed by atoms with E-state index in [4.69, 9.17) is 0 Å². The van der Waals surface area contributed by atoms with Crippen LogP contribution in [-0.2, 0) is 0 Å². The number of hydrogen-bond acceptors (Lipinski definition) is 3. The van der Waals surface area contributed by atoms with Crippen molar-refractivity contribution in [3.63, 3.8) is 0 Å². The van der Waals surface area contributed by atoms with Crippen molar-refractivity contribution in [2.45, 2.75) is 20.0 Å². The molecular weight excluding hydrogens is 296 g/mol. The fraction of sp³-hybridized carbons (Fsp3) is 0.200. The van der Waals surface area contributed by atoms with Gasteiger partial charge in [0, 0.05) is 18.2 Å². The molecule has 0 fully saturated rings. The lowest BCUT2D eigenvalue weighted by Crippen LogP contribution is -2.50. The van der Waals surface area contributed by atoms with E-state index in [0.29, 0.717) is 4.48 Å². The van der Waals surface area contributed by atoms with Gasteiger partial charge in [-0.2, -0.15) is 4.98 Å². The van der Waals surface area contributed by atoms with Crippen LogP contribution < -0.4 is 9.38 Å². The molecule has 2 unspecified atom stereocenters. The summed E-state index contributed by atoms with van der Waals surface area (Å²) in [5, 5.41) is 0. The van der Waals surface area contributed by atoms with Gasteiger partial charge in [-0.15, -0.1) is 0 Å². The van der Waals surface area contributed by atoms with Crippen molar-refractivity contribution in [1.29, 1.82) is 0 Å². The number of fused-ring (bicyclic) bond motifs is 1. The van der Waals surface area contributed by atoms with Crippen LogP contribution in [0.4, 0.5) is 22.9 Å². The van der Waals surface area contributed by atoms with Crippen LogP contribution in [0.1, 0.15) is 12.5 Å². The van der Waals surface area contributed by atoms with Crippen molar-refractivity contribution in [3.05, 3.63) is 72.7 Å². The molecule has 0 saturated carbocycles. The molecule has 120 valence electrons. The summed E-state index contributed by atoms with van der Waals surface area (Å²) in [4.78, 5) is 11.3. The van der Waals surface area contributed by atoms with Crippen molar-refractivity contribution in [2.24, 2.45) is 0 Å². The maximum atomic E-state index is 4.68. The Bertz CT molecular complexity index is 878. The van der Waals surface area contributed by atoms with Crippen LogP contribution in [0.5, 0.6) is 0 Å². The van der Waals surface area contributed by atoms with Gasteiger partial charge in [-0.05, 0) is 25.1 Å². The Morgan fingerprint density at radius 1 is 1.00 bits per heavy atom. The molecule has 3 aromatic rings. The van der Waals surface area contributed by atoms with Crippen molar-refractivity contribution >= 4 is 22.9 Å². The van der Waals surface area contributed by atoms with Gasteiger partial charge in [0.15, 0.2) is 6.17 Å². The molecule has 24 heavy (non-hydrogen) atoms. The van der Waals surface area contributed by atoms with E-state index < -0.39 is 0 Å². The summed E-state index contributed by atoms with van der Waals surface area (Å²) in [6, 6.07) is 19.0. The number of rotatable bonds is 2. The standard InChI is InChI=1S/C20H21N4/c1-15-9-7-8-12-19(15)24(3)16(2)23(17-10-5-4-6-11-17)18-13-21-14-22-20(18)24/h4-14,16H,1-3H3/q+1. The molecule has 0 N–H and O–H groups in total. The van der Waals surface area contributed by atoms with Crippen molar-refractivity contribution in [3.8, 4) is 0 Å². The van der Waals surface area contributed by atoms with Gasteiger partial charge in [0.2, 0.25) is 0 Å². The molecular formula is C20H21N4+. The topological polar surface area (TPSA) is 29.0 Å². The molecule has 0 spiro atoms. The van der Waals surface area contributed by atoms with Gasteiger partial charge in [-0.25, -0.2) is 9.47 Å². The first-order valence-corrected chi connectivity index (χ1v) is 8.21. The van der Waals surface area contributed by atoms with E-state index in [1.54, 1.807) is 6.33 Å². The fourth-order valence-corrected chi connectivity index (χ4v) is 3.80. The highest BCUT2D eigenvalue weighted by Crippen LogP contribution is 2.50. The van der Waals surface area contributed by atoms with Crippen LogP contribution in [0.15, 0.2) is 67.1 Å². The number of nitrogens with zero attached hydrogens (tertiary/aromatic N) is 4. The number of aryl methyl sites for hydroxylation is 1. The van der Waals surface area contributed by atoms with Crippen LogP contribution in [0.2, 0.25) is 0 Å². The molecule has 0 saturated heterocycles. The van der Waals surface area contributed by atoms with Crippen molar-refractivity contribution < 1.29 is 0 Å². The summed E-state index contributed by atoms with van der Waals surface area (Å²) >= 11 is 0. The minimum atomic E-state index is 0.181. The summed E-state index contributed by atoms with van der Waals surface area (Å²) in [6.45, 7) is 4.42. The Morgan fingerprint density at radius 2 is 1.71 bits per heavy atom. The van der Waals surface area contributed by atoms with E-state index in [1.807, 2.05) is 12.3 Å². The lowest BCUT2D eigenvalue weighted by molar-refractivity contribution is 0.380. The third-order valence-corrected chi connectivity index (χ3v) is 5.14. The van der Waals surface area contributed by atoms with Gasteiger partial charge in [0.05, 0.1) is 13.2 Å². The molecule has 2 heterocycles. The summed E-state index contributed by atoms with van der Waals surface area (Å²) in [6.07, 6.45) is 3.75. The number of anilines is 2. The van der Waals surface area contributed by atoms with E-state index in [9.17, 15) is 0 Å².